The van der Waals surface area contributed by atoms with Gasteiger partial charge in [-0.05, 0) is 43.5 Å². The number of pyridine rings is 1. The van der Waals surface area contributed by atoms with Gasteiger partial charge in [0, 0.05) is 25.3 Å². The second-order valence-corrected chi connectivity index (χ2v) is 7.37. The molecule has 2 amide bonds. The van der Waals surface area contributed by atoms with Crippen molar-refractivity contribution in [3.05, 3.63) is 58.7 Å². The Morgan fingerprint density at radius 3 is 2.63 bits per heavy atom. The predicted molar refractivity (Wildman–Crippen MR) is 104 cm³/mol. The summed E-state index contributed by atoms with van der Waals surface area (Å²) in [5, 5.41) is 3.42. The third kappa shape index (κ3) is 4.06. The zero-order valence-electron chi connectivity index (χ0n) is 14.9. The Morgan fingerprint density at radius 2 is 1.93 bits per heavy atom. The van der Waals surface area contributed by atoms with Crippen molar-refractivity contribution >= 4 is 29.2 Å². The maximum absolute atomic E-state index is 12.8. The summed E-state index contributed by atoms with van der Waals surface area (Å²) in [4.78, 5) is 33.1. The third-order valence-corrected chi connectivity index (χ3v) is 5.17. The summed E-state index contributed by atoms with van der Waals surface area (Å²) in [6.45, 7) is 1.94. The van der Waals surface area contributed by atoms with Crippen LogP contribution in [0, 0.1) is 0 Å². The fraction of sp³-hybridized carbons (Fsp3) is 0.350. The van der Waals surface area contributed by atoms with Gasteiger partial charge in [-0.25, -0.2) is 4.98 Å². The van der Waals surface area contributed by atoms with E-state index in [1.54, 1.807) is 29.3 Å². The van der Waals surface area contributed by atoms with E-state index in [0.29, 0.717) is 35.4 Å². The molecule has 1 saturated carbocycles. The lowest BCUT2D eigenvalue weighted by molar-refractivity contribution is 0.0733. The number of carbonyl (C=O) groups is 2. The van der Waals surface area contributed by atoms with Crippen LogP contribution in [0.3, 0.4) is 0 Å². The highest BCUT2D eigenvalue weighted by Gasteiger charge is 2.26. The summed E-state index contributed by atoms with van der Waals surface area (Å²) in [6, 6.07) is 11.0. The SMILES string of the molecule is O=C(NC1CC1)c1ccc(N2CCCN(C(=O)c3ccccc3Cl)C2)nc1. The highest BCUT2D eigenvalue weighted by atomic mass is 35.5. The van der Waals surface area contributed by atoms with Crippen molar-refractivity contribution in [1.29, 1.82) is 0 Å². The van der Waals surface area contributed by atoms with Gasteiger partial charge in [0.05, 0.1) is 22.8 Å². The van der Waals surface area contributed by atoms with Gasteiger partial charge in [-0.2, -0.15) is 0 Å². The van der Waals surface area contributed by atoms with Crippen LogP contribution in [0.1, 0.15) is 40.0 Å². The van der Waals surface area contributed by atoms with Crippen LogP contribution >= 0.6 is 11.6 Å². The number of anilines is 1. The molecular weight excluding hydrogens is 364 g/mol. The van der Waals surface area contributed by atoms with Gasteiger partial charge in [-0.1, -0.05) is 23.7 Å². The second-order valence-electron chi connectivity index (χ2n) is 6.96. The first-order chi connectivity index (χ1) is 13.1. The van der Waals surface area contributed by atoms with E-state index < -0.39 is 0 Å². The number of hydrogen-bond donors (Lipinski definition) is 1. The van der Waals surface area contributed by atoms with Crippen LogP contribution in [0.4, 0.5) is 5.82 Å². The quantitative estimate of drug-likeness (QED) is 0.880. The van der Waals surface area contributed by atoms with Crippen molar-refractivity contribution in [2.75, 3.05) is 24.7 Å². The zero-order chi connectivity index (χ0) is 18.8. The van der Waals surface area contributed by atoms with Gasteiger partial charge in [0.15, 0.2) is 0 Å². The normalized spacial score (nSPS) is 16.9. The minimum Gasteiger partial charge on any atom is -0.349 e. The number of nitrogens with zero attached hydrogens (tertiary/aromatic N) is 3. The van der Waals surface area contributed by atoms with Crippen molar-refractivity contribution in [3.8, 4) is 0 Å². The van der Waals surface area contributed by atoms with Crippen molar-refractivity contribution in [3.63, 3.8) is 0 Å². The number of benzene rings is 1. The van der Waals surface area contributed by atoms with Crippen LogP contribution in [0.15, 0.2) is 42.6 Å². The van der Waals surface area contributed by atoms with Crippen LogP contribution in [0.2, 0.25) is 5.02 Å². The smallest absolute Gasteiger partial charge is 0.256 e. The molecule has 2 aliphatic rings. The van der Waals surface area contributed by atoms with Crippen LogP contribution in [0.5, 0.6) is 0 Å². The molecule has 0 radical (unpaired) electrons. The minimum absolute atomic E-state index is 0.0780. The molecule has 1 saturated heterocycles. The number of halogens is 1. The molecular formula is C20H21ClN4O2. The van der Waals surface area contributed by atoms with Crippen molar-refractivity contribution in [2.45, 2.75) is 25.3 Å². The van der Waals surface area contributed by atoms with Crippen LogP contribution in [0.25, 0.3) is 0 Å². The average Bonchev–Trinajstić information content (AvgIpc) is 3.52. The van der Waals surface area contributed by atoms with Gasteiger partial charge < -0.3 is 15.1 Å². The van der Waals surface area contributed by atoms with E-state index in [4.69, 9.17) is 11.6 Å². The predicted octanol–water partition coefficient (Wildman–Crippen LogP) is 2.94. The molecule has 1 N–H and O–H groups in total. The van der Waals surface area contributed by atoms with Gasteiger partial charge in [0.2, 0.25) is 0 Å². The lowest BCUT2D eigenvalue weighted by atomic mass is 10.1. The van der Waals surface area contributed by atoms with Crippen LogP contribution < -0.4 is 10.2 Å². The maximum atomic E-state index is 12.8. The Bertz CT molecular complexity index is 851. The standard InChI is InChI=1S/C20H21ClN4O2/c21-17-5-2-1-4-16(17)20(27)25-11-3-10-24(13-25)18-9-6-14(12-22-18)19(26)23-15-7-8-15/h1-2,4-6,9,12,15H,3,7-8,10-11,13H2,(H,23,26). The van der Waals surface area contributed by atoms with E-state index in [0.717, 1.165) is 31.6 Å². The Balaban J connectivity index is 1.44. The molecule has 0 unspecified atom stereocenters. The summed E-state index contributed by atoms with van der Waals surface area (Å²) >= 11 is 6.17. The molecule has 0 spiro atoms. The van der Waals surface area contributed by atoms with Gasteiger partial charge in [0.1, 0.15) is 5.82 Å². The van der Waals surface area contributed by atoms with E-state index in [-0.39, 0.29) is 11.8 Å². The molecule has 0 atom stereocenters. The first kappa shape index (κ1) is 17.8. The van der Waals surface area contributed by atoms with E-state index in [1.165, 1.54) is 0 Å². The largest absolute Gasteiger partial charge is 0.349 e. The number of rotatable bonds is 4. The number of aromatic nitrogens is 1. The minimum atomic E-state index is -0.0780. The molecule has 27 heavy (non-hydrogen) atoms. The molecule has 6 nitrogen and oxygen atoms in total. The molecule has 7 heteroatoms. The van der Waals surface area contributed by atoms with Crippen LogP contribution in [-0.2, 0) is 0 Å². The van der Waals surface area contributed by atoms with Crippen molar-refractivity contribution in [1.82, 2.24) is 15.2 Å². The summed E-state index contributed by atoms with van der Waals surface area (Å²) in [5.74, 6) is 0.603. The van der Waals surface area contributed by atoms with Gasteiger partial charge in [-0.3, -0.25) is 9.59 Å². The van der Waals surface area contributed by atoms with E-state index in [1.807, 2.05) is 23.1 Å². The van der Waals surface area contributed by atoms with Gasteiger partial charge >= 0.3 is 0 Å². The van der Waals surface area contributed by atoms with Crippen LogP contribution in [-0.4, -0.2) is 47.5 Å². The topological polar surface area (TPSA) is 65.5 Å². The van der Waals surface area contributed by atoms with E-state index in [2.05, 4.69) is 10.3 Å². The summed E-state index contributed by atoms with van der Waals surface area (Å²) in [6.07, 6.45) is 4.56. The molecule has 2 aromatic rings. The molecule has 2 fully saturated rings. The maximum Gasteiger partial charge on any atom is 0.256 e. The van der Waals surface area contributed by atoms with E-state index >= 15 is 0 Å². The average molecular weight is 385 g/mol. The number of hydrogen-bond acceptors (Lipinski definition) is 4. The lowest BCUT2D eigenvalue weighted by Crippen LogP contribution is -2.48. The summed E-state index contributed by atoms with van der Waals surface area (Å²) in [7, 11) is 0. The first-order valence-electron chi connectivity index (χ1n) is 9.17. The Labute approximate surface area is 163 Å². The highest BCUT2D eigenvalue weighted by Crippen LogP contribution is 2.22. The van der Waals surface area contributed by atoms with Gasteiger partial charge in [0.25, 0.3) is 11.8 Å². The Kier molecular flexibility index (Phi) is 4.99. The molecule has 4 rings (SSSR count). The van der Waals surface area contributed by atoms with Crippen molar-refractivity contribution in [2.24, 2.45) is 0 Å². The Hall–Kier alpha value is -2.60. The van der Waals surface area contributed by atoms with E-state index in [9.17, 15) is 9.59 Å². The molecule has 1 aliphatic heterocycles. The molecule has 1 aliphatic carbocycles. The second kappa shape index (κ2) is 7.56. The molecule has 2 heterocycles. The number of amides is 2. The van der Waals surface area contributed by atoms with Crippen molar-refractivity contribution < 1.29 is 9.59 Å². The molecule has 0 bridgehead atoms. The molecule has 1 aromatic heterocycles. The number of nitrogens with one attached hydrogen (secondary N) is 1. The Morgan fingerprint density at radius 1 is 1.11 bits per heavy atom. The summed E-state index contributed by atoms with van der Waals surface area (Å²) < 4.78 is 0. The zero-order valence-corrected chi connectivity index (χ0v) is 15.7. The highest BCUT2D eigenvalue weighted by molar-refractivity contribution is 6.33. The number of carbonyl (C=O) groups excluding carboxylic acids is 2. The molecule has 140 valence electrons. The fourth-order valence-corrected chi connectivity index (χ4v) is 3.38. The monoisotopic (exact) mass is 384 g/mol. The summed E-state index contributed by atoms with van der Waals surface area (Å²) in [5.41, 5.74) is 1.08. The first-order valence-corrected chi connectivity index (χ1v) is 9.55. The van der Waals surface area contributed by atoms with Gasteiger partial charge in [-0.15, -0.1) is 0 Å². The fourth-order valence-electron chi connectivity index (χ4n) is 3.16. The molecule has 1 aromatic carbocycles. The third-order valence-electron chi connectivity index (χ3n) is 4.84. The lowest BCUT2D eigenvalue weighted by Gasteiger charge is -2.36.